The second-order valence-electron chi connectivity index (χ2n) is 14.9. The highest BCUT2D eigenvalue weighted by Crippen LogP contribution is 2.75. The van der Waals surface area contributed by atoms with E-state index in [1.165, 1.54) is 13.2 Å². The Morgan fingerprint density at radius 3 is 2.25 bits per heavy atom. The first-order chi connectivity index (χ1) is 22.6. The minimum atomic E-state index is -1.66. The molecule has 4 saturated carbocycles. The summed E-state index contributed by atoms with van der Waals surface area (Å²) < 4.78 is 41.3. The van der Waals surface area contributed by atoms with E-state index in [1.54, 1.807) is 33.1 Å². The number of hydrogen-bond donors (Lipinski definition) is 2. The number of carbonyl (C=O) groups excluding carboxylic acids is 5. The first kappa shape index (κ1) is 33.2. The molecule has 0 aromatic carbocycles. The van der Waals surface area contributed by atoms with Crippen LogP contribution in [0.5, 0.6) is 0 Å². The quantitative estimate of drug-likeness (QED) is 0.250. The number of furan rings is 1. The predicted octanol–water partition coefficient (Wildman–Crippen LogP) is 1.43. The highest BCUT2D eigenvalue weighted by Gasteiger charge is 2.86. The van der Waals surface area contributed by atoms with Crippen LogP contribution in [0.4, 0.5) is 0 Å². The smallest absolute Gasteiger partial charge is 0.310 e. The molecule has 0 radical (unpaired) electrons. The van der Waals surface area contributed by atoms with Crippen molar-refractivity contribution in [2.75, 3.05) is 6.61 Å². The zero-order chi connectivity index (χ0) is 34.7. The summed E-state index contributed by atoms with van der Waals surface area (Å²) in [5.41, 5.74) is -3.42. The fourth-order valence-corrected chi connectivity index (χ4v) is 10.6. The highest BCUT2D eigenvalue weighted by atomic mass is 16.7. The third-order valence-corrected chi connectivity index (χ3v) is 12.2. The molecule has 48 heavy (non-hydrogen) atoms. The molecule has 2 bridgehead atoms. The van der Waals surface area contributed by atoms with Crippen molar-refractivity contribution in [1.82, 2.24) is 0 Å². The number of fused-ring (bicyclic) bond motifs is 1. The Kier molecular flexibility index (Phi) is 7.67. The molecule has 2 N–H and O–H groups in total. The van der Waals surface area contributed by atoms with E-state index in [0.717, 1.165) is 19.4 Å². The van der Waals surface area contributed by atoms with Crippen molar-refractivity contribution in [2.45, 2.75) is 109 Å². The molecule has 7 rings (SSSR count). The second-order valence-corrected chi connectivity index (χ2v) is 14.9. The van der Waals surface area contributed by atoms with Gasteiger partial charge in [-0.25, -0.2) is 0 Å². The van der Waals surface area contributed by atoms with Gasteiger partial charge in [-0.3, -0.25) is 24.0 Å². The number of Topliss-reactive ketones (excluding diaryl/α,β-unsaturated/α-hetero) is 1. The molecule has 1 aromatic heterocycles. The summed E-state index contributed by atoms with van der Waals surface area (Å²) in [6, 6.07) is 1.79. The summed E-state index contributed by atoms with van der Waals surface area (Å²) in [7, 11) is 0. The minimum Gasteiger partial charge on any atom is -0.472 e. The van der Waals surface area contributed by atoms with E-state index in [4.69, 9.17) is 32.8 Å². The number of aliphatic hydroxyl groups is 2. The number of carbonyl (C=O) groups is 5. The van der Waals surface area contributed by atoms with Gasteiger partial charge in [-0.2, -0.15) is 0 Å². The summed E-state index contributed by atoms with van der Waals surface area (Å²) in [6.45, 7) is 8.06. The Morgan fingerprint density at radius 1 is 0.958 bits per heavy atom. The third-order valence-electron chi connectivity index (χ3n) is 12.2. The van der Waals surface area contributed by atoms with E-state index >= 15 is 4.79 Å². The molecule has 15 unspecified atom stereocenters. The fourth-order valence-electron chi connectivity index (χ4n) is 10.6. The molecule has 1 aromatic rings. The SMILES string of the molecule is CC(=O)OC1C(=O)C2C(C(O)CC3C4(C)C(OC(=O)C(C)C)OCC23C(O)C(OC(C)=O)C4OC(C)=O)C23OC2CC(c2ccoc2)C13. The van der Waals surface area contributed by atoms with Gasteiger partial charge in [-0.1, -0.05) is 13.8 Å². The van der Waals surface area contributed by atoms with E-state index in [0.29, 0.717) is 6.42 Å². The van der Waals surface area contributed by atoms with E-state index < -0.39 is 119 Å². The molecule has 2 saturated heterocycles. The molecule has 2 aliphatic heterocycles. The molecule has 0 amide bonds. The van der Waals surface area contributed by atoms with Crippen LogP contribution in [-0.2, 0) is 52.4 Å². The van der Waals surface area contributed by atoms with Crippen molar-refractivity contribution in [2.24, 2.45) is 40.4 Å². The van der Waals surface area contributed by atoms with Gasteiger partial charge in [0.25, 0.3) is 0 Å². The Balaban J connectivity index is 1.41. The Bertz CT molecular complexity index is 1520. The Labute approximate surface area is 276 Å². The first-order valence-corrected chi connectivity index (χ1v) is 16.5. The van der Waals surface area contributed by atoms with Gasteiger partial charge in [0, 0.05) is 43.9 Å². The molecule has 4 aliphatic carbocycles. The van der Waals surface area contributed by atoms with Crippen LogP contribution >= 0.6 is 0 Å². The van der Waals surface area contributed by atoms with Crippen molar-refractivity contribution >= 4 is 29.7 Å². The molecule has 14 nitrogen and oxygen atoms in total. The average Bonchev–Trinajstić information content (AvgIpc) is 3.32. The number of epoxide rings is 1. The Morgan fingerprint density at radius 2 is 1.65 bits per heavy atom. The largest absolute Gasteiger partial charge is 0.472 e. The van der Waals surface area contributed by atoms with Gasteiger partial charge in [0.1, 0.15) is 11.7 Å². The van der Waals surface area contributed by atoms with E-state index in [2.05, 4.69) is 0 Å². The van der Waals surface area contributed by atoms with Crippen molar-refractivity contribution in [3.05, 3.63) is 24.2 Å². The van der Waals surface area contributed by atoms with Gasteiger partial charge in [-0.15, -0.1) is 0 Å². The van der Waals surface area contributed by atoms with E-state index in [-0.39, 0.29) is 18.9 Å². The van der Waals surface area contributed by atoms with Crippen molar-refractivity contribution < 1.29 is 67.0 Å². The molecule has 6 aliphatic rings. The molecular weight excluding hydrogens is 632 g/mol. The molecule has 14 heteroatoms. The zero-order valence-corrected chi connectivity index (χ0v) is 27.7. The predicted molar refractivity (Wildman–Crippen MR) is 157 cm³/mol. The van der Waals surface area contributed by atoms with Gasteiger partial charge >= 0.3 is 23.9 Å². The average molecular weight is 675 g/mol. The van der Waals surface area contributed by atoms with Crippen LogP contribution in [0.3, 0.4) is 0 Å². The maximum atomic E-state index is 15.1. The number of esters is 4. The zero-order valence-electron chi connectivity index (χ0n) is 27.7. The van der Waals surface area contributed by atoms with Crippen molar-refractivity contribution in [3.63, 3.8) is 0 Å². The van der Waals surface area contributed by atoms with Gasteiger partial charge in [-0.05, 0) is 43.2 Å². The van der Waals surface area contributed by atoms with Crippen LogP contribution in [0.15, 0.2) is 23.0 Å². The topological polar surface area (TPSA) is 198 Å². The summed E-state index contributed by atoms with van der Waals surface area (Å²) in [4.78, 5) is 65.8. The lowest BCUT2D eigenvalue weighted by Crippen LogP contribution is -2.81. The van der Waals surface area contributed by atoms with E-state index in [9.17, 15) is 29.4 Å². The molecule has 262 valence electrons. The molecular formula is C34H42O14. The van der Waals surface area contributed by atoms with E-state index in [1.807, 2.05) is 0 Å². The van der Waals surface area contributed by atoms with Crippen molar-refractivity contribution in [3.8, 4) is 0 Å². The van der Waals surface area contributed by atoms with Gasteiger partial charge in [0.05, 0.1) is 42.7 Å². The van der Waals surface area contributed by atoms with Crippen LogP contribution in [-0.4, -0.2) is 95.0 Å². The number of aliphatic hydroxyl groups excluding tert-OH is 2. The van der Waals surface area contributed by atoms with Crippen LogP contribution < -0.4 is 0 Å². The molecule has 1 spiro atoms. The van der Waals surface area contributed by atoms with Gasteiger partial charge in [0.15, 0.2) is 24.1 Å². The summed E-state index contributed by atoms with van der Waals surface area (Å²) in [6.07, 6.45) is -5.28. The number of ether oxygens (including phenoxy) is 6. The van der Waals surface area contributed by atoms with Crippen LogP contribution in [0.1, 0.15) is 65.9 Å². The monoisotopic (exact) mass is 674 g/mol. The molecule has 15 atom stereocenters. The summed E-state index contributed by atoms with van der Waals surface area (Å²) in [5, 5.41) is 24.7. The maximum Gasteiger partial charge on any atom is 0.310 e. The standard InChI is InChI=1S/C34H42O14/c1-13(2)30(41)47-31-32(6)20-10-19(38)23-24(33(20,12-43-31)28(40)27(45-15(4)36)29(32)46-16(5)37)25(39)26(44-14(3)35)22-18(17-7-8-42-11-17)9-21-34(22,23)48-21/h7-8,11,13,18-24,26-29,31,38,40H,9-10,12H2,1-6H3. The number of rotatable bonds is 6. The maximum absolute atomic E-state index is 15.1. The van der Waals surface area contributed by atoms with Crippen LogP contribution in [0, 0.1) is 40.4 Å². The normalized spacial score (nSPS) is 46.7. The summed E-state index contributed by atoms with van der Waals surface area (Å²) >= 11 is 0. The fraction of sp³-hybridized carbons (Fsp3) is 0.735. The van der Waals surface area contributed by atoms with Crippen LogP contribution in [0.2, 0.25) is 0 Å². The van der Waals surface area contributed by atoms with Crippen molar-refractivity contribution in [1.29, 1.82) is 0 Å². The second kappa shape index (κ2) is 11.1. The Hall–Kier alpha value is -3.33. The molecule has 3 heterocycles. The summed E-state index contributed by atoms with van der Waals surface area (Å²) in [5.74, 6) is -7.88. The van der Waals surface area contributed by atoms with Crippen LogP contribution in [0.25, 0.3) is 0 Å². The lowest BCUT2D eigenvalue weighted by molar-refractivity contribution is -0.381. The lowest BCUT2D eigenvalue weighted by atomic mass is 9.38. The van der Waals surface area contributed by atoms with Gasteiger partial charge in [0.2, 0.25) is 6.29 Å². The lowest BCUT2D eigenvalue weighted by Gasteiger charge is -2.70. The minimum absolute atomic E-state index is 0.0230. The number of hydrogen-bond acceptors (Lipinski definition) is 14. The molecule has 6 fully saturated rings. The first-order valence-electron chi connectivity index (χ1n) is 16.5. The highest BCUT2D eigenvalue weighted by molar-refractivity contribution is 5.91. The number of ketones is 1. The van der Waals surface area contributed by atoms with Gasteiger partial charge < -0.3 is 43.1 Å². The third kappa shape index (κ3) is 4.34.